The summed E-state index contributed by atoms with van der Waals surface area (Å²) >= 11 is 5.65. The first kappa shape index (κ1) is 9.91. The topological polar surface area (TPSA) is 46.2 Å². The van der Waals surface area contributed by atoms with E-state index in [2.05, 4.69) is 11.8 Å². The predicted molar refractivity (Wildman–Crippen MR) is 53.7 cm³/mol. The molecule has 3 N–H and O–H groups in total. The highest BCUT2D eigenvalue weighted by Crippen LogP contribution is 2.20. The fraction of sp³-hybridized carbons (Fsp3) is 0.200. The molecule has 68 valence electrons. The lowest BCUT2D eigenvalue weighted by atomic mass is 10.2. The van der Waals surface area contributed by atoms with Crippen LogP contribution in [0, 0.1) is 11.8 Å². The largest absolute Gasteiger partial charge is 0.507 e. The van der Waals surface area contributed by atoms with Gasteiger partial charge in [-0.25, -0.2) is 0 Å². The van der Waals surface area contributed by atoms with Crippen LogP contribution in [0.3, 0.4) is 0 Å². The van der Waals surface area contributed by atoms with Crippen LogP contribution in [0.15, 0.2) is 18.2 Å². The number of hydrogen-bond acceptors (Lipinski definition) is 2. The van der Waals surface area contributed by atoms with Crippen molar-refractivity contribution in [3.8, 4) is 17.6 Å². The lowest BCUT2D eigenvalue weighted by Gasteiger charge is -1.96. The molecule has 13 heavy (non-hydrogen) atoms. The Morgan fingerprint density at radius 3 is 2.85 bits per heavy atom. The first-order valence-electron chi connectivity index (χ1n) is 3.91. The summed E-state index contributed by atoms with van der Waals surface area (Å²) in [5.41, 5.74) is 5.85. The minimum absolute atomic E-state index is 0.108. The fourth-order valence-corrected chi connectivity index (χ4v) is 1.01. The summed E-state index contributed by atoms with van der Waals surface area (Å²) in [7, 11) is 0. The van der Waals surface area contributed by atoms with Crippen molar-refractivity contribution < 1.29 is 5.11 Å². The summed E-state index contributed by atoms with van der Waals surface area (Å²) in [5.74, 6) is 5.74. The lowest BCUT2D eigenvalue weighted by molar-refractivity contribution is 0.474. The highest BCUT2D eigenvalue weighted by Gasteiger charge is 1.96. The van der Waals surface area contributed by atoms with E-state index in [9.17, 15) is 5.11 Å². The second kappa shape index (κ2) is 4.76. The number of nitrogens with two attached hydrogens (primary N) is 1. The Kier molecular flexibility index (Phi) is 3.63. The number of halogens is 1. The van der Waals surface area contributed by atoms with E-state index in [0.717, 1.165) is 0 Å². The van der Waals surface area contributed by atoms with Crippen LogP contribution in [0.25, 0.3) is 0 Å². The first-order valence-corrected chi connectivity index (χ1v) is 4.29. The normalized spacial score (nSPS) is 9.08. The van der Waals surface area contributed by atoms with Crippen molar-refractivity contribution in [1.82, 2.24) is 0 Å². The van der Waals surface area contributed by atoms with Gasteiger partial charge in [-0.2, -0.15) is 0 Å². The first-order chi connectivity index (χ1) is 6.24. The van der Waals surface area contributed by atoms with Gasteiger partial charge in [-0.05, 0) is 18.2 Å². The molecule has 0 aromatic heterocycles. The molecule has 1 aromatic rings. The van der Waals surface area contributed by atoms with Crippen LogP contribution in [-0.4, -0.2) is 11.7 Å². The summed E-state index contributed by atoms with van der Waals surface area (Å²) in [5, 5.41) is 9.87. The average molecular weight is 196 g/mol. The average Bonchev–Trinajstić information content (AvgIpc) is 2.09. The molecule has 1 aromatic carbocycles. The molecule has 3 heteroatoms. The van der Waals surface area contributed by atoms with Crippen molar-refractivity contribution in [2.45, 2.75) is 6.42 Å². The molecular formula is C10H10ClNO. The summed E-state index contributed by atoms with van der Waals surface area (Å²) in [4.78, 5) is 0. The van der Waals surface area contributed by atoms with E-state index in [0.29, 0.717) is 23.6 Å². The fourth-order valence-electron chi connectivity index (χ4n) is 0.840. The van der Waals surface area contributed by atoms with Crippen LogP contribution in [0.5, 0.6) is 5.75 Å². The SMILES string of the molecule is NCCC#Cc1ccc(Cl)cc1O. The molecule has 0 radical (unpaired) electrons. The Morgan fingerprint density at radius 1 is 1.46 bits per heavy atom. The second-order valence-electron chi connectivity index (χ2n) is 2.50. The van der Waals surface area contributed by atoms with Gasteiger partial charge in [0.1, 0.15) is 5.75 Å². The van der Waals surface area contributed by atoms with Crippen molar-refractivity contribution in [3.05, 3.63) is 28.8 Å². The third-order valence-electron chi connectivity index (χ3n) is 1.45. The predicted octanol–water partition coefficient (Wildman–Crippen LogP) is 1.75. The van der Waals surface area contributed by atoms with Gasteiger partial charge in [0.2, 0.25) is 0 Å². The van der Waals surface area contributed by atoms with E-state index in [-0.39, 0.29) is 5.75 Å². The molecule has 0 saturated carbocycles. The van der Waals surface area contributed by atoms with Crippen LogP contribution in [0.2, 0.25) is 5.02 Å². The molecule has 0 spiro atoms. The lowest BCUT2D eigenvalue weighted by Crippen LogP contribution is -1.95. The van der Waals surface area contributed by atoms with Crippen molar-refractivity contribution in [2.24, 2.45) is 5.73 Å². The Balaban J connectivity index is 2.85. The van der Waals surface area contributed by atoms with Gasteiger partial charge in [-0.15, -0.1) is 0 Å². The maximum Gasteiger partial charge on any atom is 0.132 e. The number of rotatable bonds is 1. The molecule has 0 atom stereocenters. The second-order valence-corrected chi connectivity index (χ2v) is 2.94. The molecule has 0 aliphatic rings. The van der Waals surface area contributed by atoms with Crippen molar-refractivity contribution in [2.75, 3.05) is 6.54 Å². The van der Waals surface area contributed by atoms with Gasteiger partial charge in [0.05, 0.1) is 5.56 Å². The van der Waals surface area contributed by atoms with Gasteiger partial charge in [0, 0.05) is 18.0 Å². The molecule has 2 nitrogen and oxygen atoms in total. The van der Waals surface area contributed by atoms with E-state index in [4.69, 9.17) is 17.3 Å². The van der Waals surface area contributed by atoms with E-state index >= 15 is 0 Å². The summed E-state index contributed by atoms with van der Waals surface area (Å²) in [6, 6.07) is 4.84. The van der Waals surface area contributed by atoms with Crippen LogP contribution in [0.1, 0.15) is 12.0 Å². The zero-order valence-electron chi connectivity index (χ0n) is 7.05. The standard InChI is InChI=1S/C10H10ClNO/c11-9-5-4-8(10(13)7-9)3-1-2-6-12/h4-5,7,13H,2,6,12H2. The van der Waals surface area contributed by atoms with Crippen molar-refractivity contribution in [1.29, 1.82) is 0 Å². The summed E-state index contributed by atoms with van der Waals surface area (Å²) in [6.07, 6.45) is 0.627. The van der Waals surface area contributed by atoms with Gasteiger partial charge >= 0.3 is 0 Å². The van der Waals surface area contributed by atoms with Crippen molar-refractivity contribution in [3.63, 3.8) is 0 Å². The molecular weight excluding hydrogens is 186 g/mol. The molecule has 0 bridgehead atoms. The minimum Gasteiger partial charge on any atom is -0.507 e. The van der Waals surface area contributed by atoms with Gasteiger partial charge in [0.25, 0.3) is 0 Å². The van der Waals surface area contributed by atoms with E-state index in [1.165, 1.54) is 6.07 Å². The van der Waals surface area contributed by atoms with Gasteiger partial charge in [-0.3, -0.25) is 0 Å². The van der Waals surface area contributed by atoms with Crippen LogP contribution in [0.4, 0.5) is 0 Å². The quantitative estimate of drug-likeness (QED) is 0.671. The van der Waals surface area contributed by atoms with Gasteiger partial charge in [0.15, 0.2) is 0 Å². The zero-order valence-corrected chi connectivity index (χ0v) is 7.80. The Bertz CT molecular complexity index is 352. The number of hydrogen-bond donors (Lipinski definition) is 2. The third kappa shape index (κ3) is 2.98. The van der Waals surface area contributed by atoms with Crippen molar-refractivity contribution >= 4 is 11.6 Å². The molecule has 0 heterocycles. The monoisotopic (exact) mass is 195 g/mol. The minimum atomic E-state index is 0.108. The molecule has 0 aliphatic heterocycles. The Hall–Kier alpha value is -1.17. The van der Waals surface area contributed by atoms with E-state index < -0.39 is 0 Å². The Labute approximate surface area is 82.3 Å². The molecule has 0 aliphatic carbocycles. The maximum absolute atomic E-state index is 9.37. The highest BCUT2D eigenvalue weighted by atomic mass is 35.5. The Morgan fingerprint density at radius 2 is 2.23 bits per heavy atom. The number of benzene rings is 1. The molecule has 0 fully saturated rings. The molecule has 1 rings (SSSR count). The van der Waals surface area contributed by atoms with Crippen LogP contribution >= 0.6 is 11.6 Å². The number of aromatic hydroxyl groups is 1. The molecule has 0 unspecified atom stereocenters. The molecule has 0 saturated heterocycles. The van der Waals surface area contributed by atoms with Crippen LogP contribution in [-0.2, 0) is 0 Å². The van der Waals surface area contributed by atoms with E-state index in [1.54, 1.807) is 12.1 Å². The third-order valence-corrected chi connectivity index (χ3v) is 1.69. The maximum atomic E-state index is 9.37. The number of phenolic OH excluding ortho intramolecular Hbond substituents is 1. The smallest absolute Gasteiger partial charge is 0.132 e. The summed E-state index contributed by atoms with van der Waals surface area (Å²) in [6.45, 7) is 0.529. The summed E-state index contributed by atoms with van der Waals surface area (Å²) < 4.78 is 0. The van der Waals surface area contributed by atoms with Gasteiger partial charge < -0.3 is 10.8 Å². The highest BCUT2D eigenvalue weighted by molar-refractivity contribution is 6.30. The zero-order chi connectivity index (χ0) is 9.68. The van der Waals surface area contributed by atoms with E-state index in [1.807, 2.05) is 0 Å². The molecule has 0 amide bonds. The number of phenols is 1. The van der Waals surface area contributed by atoms with Crippen LogP contribution < -0.4 is 5.73 Å². The van der Waals surface area contributed by atoms with Gasteiger partial charge in [-0.1, -0.05) is 23.4 Å².